The lowest BCUT2D eigenvalue weighted by molar-refractivity contribution is 0.0662. The van der Waals surface area contributed by atoms with Crippen molar-refractivity contribution >= 4 is 17.1 Å². The Kier molecular flexibility index (Phi) is 5.65. The van der Waals surface area contributed by atoms with E-state index in [9.17, 15) is 18.4 Å². The van der Waals surface area contributed by atoms with Gasteiger partial charge < -0.3 is 4.74 Å². The number of aromatic nitrogens is 3. The van der Waals surface area contributed by atoms with Gasteiger partial charge in [-0.1, -0.05) is 30.3 Å². The zero-order chi connectivity index (χ0) is 24.0. The van der Waals surface area contributed by atoms with Crippen LogP contribution in [-0.2, 0) is 11.3 Å². The van der Waals surface area contributed by atoms with Crippen molar-refractivity contribution in [2.45, 2.75) is 76.2 Å². The second-order valence-electron chi connectivity index (χ2n) is 9.67. The van der Waals surface area contributed by atoms with E-state index in [2.05, 4.69) is 4.98 Å². The molecular formula is C25H28F2N4O3. The molecular weight excluding hydrogens is 442 g/mol. The van der Waals surface area contributed by atoms with Crippen LogP contribution in [-0.4, -0.2) is 43.2 Å². The average molecular weight is 471 g/mol. The summed E-state index contributed by atoms with van der Waals surface area (Å²) in [6.07, 6.45) is 2.79. The van der Waals surface area contributed by atoms with Crippen molar-refractivity contribution < 1.29 is 18.3 Å². The molecule has 1 aliphatic heterocycles. The number of benzene rings is 1. The summed E-state index contributed by atoms with van der Waals surface area (Å²) in [7, 11) is 0. The van der Waals surface area contributed by atoms with Crippen LogP contribution in [0.25, 0.3) is 11.0 Å². The van der Waals surface area contributed by atoms with Gasteiger partial charge in [-0.3, -0.25) is 19.0 Å². The molecule has 3 heterocycles. The van der Waals surface area contributed by atoms with Gasteiger partial charge in [-0.15, -0.1) is 0 Å². The summed E-state index contributed by atoms with van der Waals surface area (Å²) in [5, 5.41) is 0. The molecule has 3 aromatic rings. The van der Waals surface area contributed by atoms with Gasteiger partial charge in [0.05, 0.1) is 29.8 Å². The first-order valence-electron chi connectivity index (χ1n) is 11.7. The van der Waals surface area contributed by atoms with E-state index in [1.165, 1.54) is 6.20 Å². The van der Waals surface area contributed by atoms with Crippen LogP contribution in [0, 0.1) is 0 Å². The van der Waals surface area contributed by atoms with E-state index < -0.39 is 24.3 Å². The Bertz CT molecular complexity index is 1250. The Balaban J connectivity index is 1.41. The van der Waals surface area contributed by atoms with Crippen molar-refractivity contribution in [2.24, 2.45) is 0 Å². The number of halogens is 2. The number of imidazole rings is 1. The predicted octanol–water partition coefficient (Wildman–Crippen LogP) is 4.92. The van der Waals surface area contributed by atoms with E-state index >= 15 is 0 Å². The molecule has 1 amide bonds. The summed E-state index contributed by atoms with van der Waals surface area (Å²) in [4.78, 5) is 31.9. The lowest BCUT2D eigenvalue weighted by Gasteiger charge is -2.38. The molecule has 2 aliphatic rings. The van der Waals surface area contributed by atoms with Crippen LogP contribution >= 0.6 is 0 Å². The molecule has 0 radical (unpaired) electrons. The fourth-order valence-corrected chi connectivity index (χ4v) is 5.72. The highest BCUT2D eigenvalue weighted by Crippen LogP contribution is 2.45. The Morgan fingerprint density at radius 2 is 1.71 bits per heavy atom. The molecule has 180 valence electrons. The number of nitrogens with zero attached hydrogens (tertiary/aromatic N) is 4. The van der Waals surface area contributed by atoms with Crippen LogP contribution in [0.5, 0.6) is 0 Å². The number of rotatable bonds is 5. The number of hydrogen-bond donors (Lipinski definition) is 0. The Labute approximate surface area is 195 Å². The van der Waals surface area contributed by atoms with Gasteiger partial charge in [0.15, 0.2) is 0 Å². The number of alkyl halides is 2. The molecule has 0 bridgehead atoms. The van der Waals surface area contributed by atoms with Gasteiger partial charge in [0.25, 0.3) is 6.43 Å². The monoisotopic (exact) mass is 470 g/mol. The molecule has 0 N–H and O–H groups in total. The summed E-state index contributed by atoms with van der Waals surface area (Å²) in [5.74, 6) is 0. The first-order chi connectivity index (χ1) is 16.3. The van der Waals surface area contributed by atoms with E-state index in [1.54, 1.807) is 16.8 Å². The highest BCUT2D eigenvalue weighted by molar-refractivity contribution is 5.75. The van der Waals surface area contributed by atoms with Gasteiger partial charge in [0.1, 0.15) is 5.60 Å². The van der Waals surface area contributed by atoms with Crippen LogP contribution in [0.4, 0.5) is 13.6 Å². The molecule has 1 atom stereocenters. The van der Waals surface area contributed by atoms with Crippen LogP contribution in [0.15, 0.2) is 53.6 Å². The molecule has 5 rings (SSSR count). The highest BCUT2D eigenvalue weighted by atomic mass is 19.3. The van der Waals surface area contributed by atoms with Crippen molar-refractivity contribution in [3.05, 3.63) is 64.8 Å². The van der Waals surface area contributed by atoms with Crippen molar-refractivity contribution in [3.8, 4) is 0 Å². The highest BCUT2D eigenvalue weighted by Gasteiger charge is 2.51. The van der Waals surface area contributed by atoms with Crippen LogP contribution in [0.3, 0.4) is 0 Å². The molecule has 34 heavy (non-hydrogen) atoms. The second-order valence-corrected chi connectivity index (χ2v) is 9.67. The minimum absolute atomic E-state index is 0.0255. The number of pyridine rings is 1. The maximum Gasteiger partial charge on any atom is 0.411 e. The quantitative estimate of drug-likeness (QED) is 0.531. The number of carbonyl (C=O) groups is 1. The van der Waals surface area contributed by atoms with E-state index in [0.29, 0.717) is 36.7 Å². The first-order valence-corrected chi connectivity index (χ1v) is 11.7. The summed E-state index contributed by atoms with van der Waals surface area (Å²) in [6, 6.07) is 11.2. The number of cyclic esters (lactones) is 1. The molecule has 1 aromatic carbocycles. The number of hydrogen-bond acceptors (Lipinski definition) is 4. The third-order valence-electron chi connectivity index (χ3n) is 7.12. The van der Waals surface area contributed by atoms with E-state index in [-0.39, 0.29) is 24.2 Å². The zero-order valence-corrected chi connectivity index (χ0v) is 19.2. The lowest BCUT2D eigenvalue weighted by Crippen LogP contribution is -2.43. The lowest BCUT2D eigenvalue weighted by atomic mass is 9.86. The number of fused-ring (bicyclic) bond motifs is 1. The van der Waals surface area contributed by atoms with Crippen LogP contribution in [0.2, 0.25) is 0 Å². The van der Waals surface area contributed by atoms with Gasteiger partial charge in [-0.05, 0) is 51.2 Å². The van der Waals surface area contributed by atoms with E-state index in [4.69, 9.17) is 4.74 Å². The summed E-state index contributed by atoms with van der Waals surface area (Å²) in [6.45, 7) is 3.20. The van der Waals surface area contributed by atoms with Gasteiger partial charge >= 0.3 is 11.8 Å². The molecule has 0 unspecified atom stereocenters. The second kappa shape index (κ2) is 8.52. The van der Waals surface area contributed by atoms with Crippen LogP contribution < -0.4 is 5.69 Å². The molecule has 2 aromatic heterocycles. The predicted molar refractivity (Wildman–Crippen MR) is 123 cm³/mol. The number of carbonyl (C=O) groups excluding carboxylic acids is 1. The van der Waals surface area contributed by atoms with Gasteiger partial charge in [0.2, 0.25) is 0 Å². The standard InChI is InChI=1S/C25H28F2N4O3/c1-25(2)22(16-6-4-3-5-7-16)31(24(33)34-25)18-10-8-17(9-11-18)30-19-12-13-28-14-20(19)29(23(30)32)15-21(26)27/h3-7,12-14,17-18,21-22H,8-11,15H2,1-2H3/t17?,18?,22-/m0/s1. The minimum atomic E-state index is -2.63. The first kappa shape index (κ1) is 22.6. The van der Waals surface area contributed by atoms with Gasteiger partial charge in [-0.2, -0.15) is 0 Å². The molecule has 2 fully saturated rings. The largest absolute Gasteiger partial charge is 0.441 e. The minimum Gasteiger partial charge on any atom is -0.441 e. The molecule has 0 spiro atoms. The van der Waals surface area contributed by atoms with Crippen molar-refractivity contribution in [2.75, 3.05) is 0 Å². The molecule has 1 saturated heterocycles. The van der Waals surface area contributed by atoms with E-state index in [1.807, 2.05) is 49.1 Å². The van der Waals surface area contributed by atoms with E-state index in [0.717, 1.165) is 10.1 Å². The maximum absolute atomic E-state index is 13.1. The third kappa shape index (κ3) is 3.76. The zero-order valence-electron chi connectivity index (χ0n) is 19.2. The summed E-state index contributed by atoms with van der Waals surface area (Å²) >= 11 is 0. The van der Waals surface area contributed by atoms with Crippen LogP contribution in [0.1, 0.15) is 57.2 Å². The Morgan fingerprint density at radius 3 is 2.38 bits per heavy atom. The SMILES string of the molecule is CC1(C)OC(=O)N(C2CCC(n3c(=O)n(CC(F)F)c4cnccc43)CC2)[C@H]1c1ccccc1. The number of ether oxygens (including phenoxy) is 1. The van der Waals surface area contributed by atoms with Gasteiger partial charge in [0, 0.05) is 18.3 Å². The van der Waals surface area contributed by atoms with Gasteiger partial charge in [-0.25, -0.2) is 18.4 Å². The normalized spacial score (nSPS) is 24.7. The number of amides is 1. The third-order valence-corrected chi connectivity index (χ3v) is 7.12. The topological polar surface area (TPSA) is 69.4 Å². The molecule has 7 nitrogen and oxygen atoms in total. The molecule has 9 heteroatoms. The Morgan fingerprint density at radius 1 is 1.03 bits per heavy atom. The fourth-order valence-electron chi connectivity index (χ4n) is 5.72. The van der Waals surface area contributed by atoms with Crippen molar-refractivity contribution in [1.82, 2.24) is 19.0 Å². The fraction of sp³-hybridized carbons (Fsp3) is 0.480. The molecule has 1 aliphatic carbocycles. The summed E-state index contributed by atoms with van der Waals surface area (Å²) in [5.41, 5.74) is 0.967. The van der Waals surface area contributed by atoms with Crippen molar-refractivity contribution in [3.63, 3.8) is 0 Å². The summed E-state index contributed by atoms with van der Waals surface area (Å²) < 4.78 is 34.8. The van der Waals surface area contributed by atoms with Crippen molar-refractivity contribution in [1.29, 1.82) is 0 Å². The molecule has 1 saturated carbocycles. The smallest absolute Gasteiger partial charge is 0.411 e. The Hall–Kier alpha value is -3.23. The average Bonchev–Trinajstić information content (AvgIpc) is 3.22. The maximum atomic E-state index is 13.1.